The zero-order valence-electron chi connectivity index (χ0n) is 17.8. The Morgan fingerprint density at radius 2 is 1.78 bits per heavy atom. The molecule has 2 aromatic heterocycles. The van der Waals surface area contributed by atoms with Gasteiger partial charge in [0, 0.05) is 52.2 Å². The molecule has 0 unspecified atom stereocenters. The summed E-state index contributed by atoms with van der Waals surface area (Å²) in [6.45, 7) is 4.20. The first-order valence-corrected chi connectivity index (χ1v) is 11.9. The van der Waals surface area contributed by atoms with Gasteiger partial charge in [-0.2, -0.15) is 0 Å². The average Bonchev–Trinajstić information content (AvgIpc) is 3.60. The topological polar surface area (TPSA) is 103 Å². The highest BCUT2D eigenvalue weighted by atomic mass is 32.1. The lowest BCUT2D eigenvalue weighted by Crippen LogP contribution is -2.53. The second kappa shape index (κ2) is 8.89. The van der Waals surface area contributed by atoms with Gasteiger partial charge in [0.1, 0.15) is 0 Å². The average molecular weight is 459 g/mol. The first kappa shape index (κ1) is 20.9. The molecule has 1 atom stereocenters. The minimum absolute atomic E-state index is 0.100. The van der Waals surface area contributed by atoms with Crippen molar-refractivity contribution in [1.82, 2.24) is 20.0 Å². The Labute approximate surface area is 189 Å². The number of anilines is 2. The standard InChI is InChI=1S/C21H26N6O4S/c28-17-6-2-8-27(17)21-23-22-20(32-21)26-7-1-4-15(14-26)18(29)24-9-11-25(12-10-24)19(30)16-5-3-13-31-16/h3,5,13,15H,1-2,4,6-12,14H2/t15-/m1/s1. The van der Waals surface area contributed by atoms with Crippen LogP contribution >= 0.6 is 11.3 Å². The van der Waals surface area contributed by atoms with Crippen molar-refractivity contribution >= 4 is 39.3 Å². The Balaban J connectivity index is 1.17. The van der Waals surface area contributed by atoms with E-state index < -0.39 is 0 Å². The molecule has 0 saturated carbocycles. The van der Waals surface area contributed by atoms with Crippen molar-refractivity contribution in [2.45, 2.75) is 25.7 Å². The van der Waals surface area contributed by atoms with E-state index in [4.69, 9.17) is 4.42 Å². The van der Waals surface area contributed by atoms with E-state index >= 15 is 0 Å². The van der Waals surface area contributed by atoms with Gasteiger partial charge in [0.15, 0.2) is 5.76 Å². The van der Waals surface area contributed by atoms with Gasteiger partial charge in [-0.15, -0.1) is 10.2 Å². The van der Waals surface area contributed by atoms with Gasteiger partial charge < -0.3 is 19.1 Å². The number of piperidine rings is 1. The van der Waals surface area contributed by atoms with E-state index in [1.54, 1.807) is 21.9 Å². The molecule has 11 heteroatoms. The molecule has 170 valence electrons. The van der Waals surface area contributed by atoms with Crippen LogP contribution in [0.1, 0.15) is 36.2 Å². The molecule has 0 radical (unpaired) electrons. The highest BCUT2D eigenvalue weighted by molar-refractivity contribution is 7.19. The third-order valence-corrected chi connectivity index (χ3v) is 7.37. The highest BCUT2D eigenvalue weighted by Gasteiger charge is 2.34. The molecule has 3 fully saturated rings. The molecule has 2 aromatic rings. The molecule has 0 N–H and O–H groups in total. The Kier molecular flexibility index (Phi) is 5.81. The maximum atomic E-state index is 13.2. The monoisotopic (exact) mass is 458 g/mol. The molecule has 0 aliphatic carbocycles. The molecular weight excluding hydrogens is 432 g/mol. The molecule has 3 amide bonds. The zero-order chi connectivity index (χ0) is 22.1. The van der Waals surface area contributed by atoms with E-state index in [9.17, 15) is 14.4 Å². The van der Waals surface area contributed by atoms with Crippen molar-refractivity contribution in [1.29, 1.82) is 0 Å². The van der Waals surface area contributed by atoms with Crippen molar-refractivity contribution in [3.63, 3.8) is 0 Å². The summed E-state index contributed by atoms with van der Waals surface area (Å²) < 4.78 is 5.20. The molecule has 5 rings (SSSR count). The fourth-order valence-corrected chi connectivity index (χ4v) is 5.52. The number of piperazine rings is 1. The molecule has 10 nitrogen and oxygen atoms in total. The van der Waals surface area contributed by atoms with E-state index in [1.807, 2.05) is 4.90 Å². The van der Waals surface area contributed by atoms with Gasteiger partial charge in [0.05, 0.1) is 12.2 Å². The van der Waals surface area contributed by atoms with Crippen molar-refractivity contribution in [3.05, 3.63) is 24.2 Å². The van der Waals surface area contributed by atoms with Crippen LogP contribution < -0.4 is 9.80 Å². The van der Waals surface area contributed by atoms with E-state index in [2.05, 4.69) is 15.1 Å². The number of aromatic nitrogens is 2. The predicted molar refractivity (Wildman–Crippen MR) is 118 cm³/mol. The fraction of sp³-hybridized carbons (Fsp3) is 0.571. The largest absolute Gasteiger partial charge is 0.459 e. The van der Waals surface area contributed by atoms with Crippen molar-refractivity contribution in [2.24, 2.45) is 5.92 Å². The molecule has 0 spiro atoms. The summed E-state index contributed by atoms with van der Waals surface area (Å²) in [6, 6.07) is 3.36. The van der Waals surface area contributed by atoms with E-state index in [0.717, 1.165) is 30.9 Å². The van der Waals surface area contributed by atoms with Crippen LogP contribution in [-0.2, 0) is 9.59 Å². The van der Waals surface area contributed by atoms with Gasteiger partial charge in [-0.1, -0.05) is 11.3 Å². The number of hydrogen-bond acceptors (Lipinski definition) is 8. The van der Waals surface area contributed by atoms with Gasteiger partial charge in [-0.05, 0) is 31.4 Å². The van der Waals surface area contributed by atoms with Crippen molar-refractivity contribution in [3.8, 4) is 0 Å². The first-order chi connectivity index (χ1) is 15.6. The van der Waals surface area contributed by atoms with Gasteiger partial charge in [0.25, 0.3) is 5.91 Å². The zero-order valence-corrected chi connectivity index (χ0v) is 18.6. The predicted octanol–water partition coefficient (Wildman–Crippen LogP) is 1.46. The molecule has 0 bridgehead atoms. The summed E-state index contributed by atoms with van der Waals surface area (Å²) >= 11 is 1.42. The Morgan fingerprint density at radius 1 is 1.00 bits per heavy atom. The van der Waals surface area contributed by atoms with Crippen LogP contribution in [0.3, 0.4) is 0 Å². The summed E-state index contributed by atoms with van der Waals surface area (Å²) in [6.07, 6.45) is 4.66. The fourth-order valence-electron chi connectivity index (χ4n) is 4.59. The van der Waals surface area contributed by atoms with E-state index in [-0.39, 0.29) is 23.6 Å². The van der Waals surface area contributed by atoms with Crippen LogP contribution in [0.25, 0.3) is 0 Å². The summed E-state index contributed by atoms with van der Waals surface area (Å²) in [5.41, 5.74) is 0. The molecule has 0 aromatic carbocycles. The van der Waals surface area contributed by atoms with E-state index in [0.29, 0.717) is 56.6 Å². The maximum absolute atomic E-state index is 13.2. The highest BCUT2D eigenvalue weighted by Crippen LogP contribution is 2.32. The quantitative estimate of drug-likeness (QED) is 0.683. The first-order valence-electron chi connectivity index (χ1n) is 11.1. The summed E-state index contributed by atoms with van der Waals surface area (Å²) in [7, 11) is 0. The van der Waals surface area contributed by atoms with Gasteiger partial charge in [-0.25, -0.2) is 0 Å². The maximum Gasteiger partial charge on any atom is 0.289 e. The van der Waals surface area contributed by atoms with Crippen LogP contribution in [0.2, 0.25) is 0 Å². The van der Waals surface area contributed by atoms with Crippen LogP contribution in [0.4, 0.5) is 10.3 Å². The number of carbonyl (C=O) groups excluding carboxylic acids is 3. The third-order valence-electron chi connectivity index (χ3n) is 6.36. The molecule has 5 heterocycles. The Bertz CT molecular complexity index is 984. The minimum atomic E-state index is -0.130. The number of carbonyl (C=O) groups is 3. The van der Waals surface area contributed by atoms with Gasteiger partial charge >= 0.3 is 0 Å². The van der Waals surface area contributed by atoms with Crippen LogP contribution in [0.5, 0.6) is 0 Å². The summed E-state index contributed by atoms with van der Waals surface area (Å²) in [4.78, 5) is 45.0. The van der Waals surface area contributed by atoms with Crippen LogP contribution in [-0.4, -0.2) is 83.5 Å². The Hall–Kier alpha value is -2.95. The number of amides is 3. The van der Waals surface area contributed by atoms with Gasteiger partial charge in [-0.3, -0.25) is 19.3 Å². The lowest BCUT2D eigenvalue weighted by molar-refractivity contribution is -0.137. The summed E-state index contributed by atoms with van der Waals surface area (Å²) in [5.74, 6) is 0.342. The Morgan fingerprint density at radius 3 is 2.50 bits per heavy atom. The molecule has 3 saturated heterocycles. The number of nitrogens with zero attached hydrogens (tertiary/aromatic N) is 6. The van der Waals surface area contributed by atoms with Crippen molar-refractivity contribution in [2.75, 3.05) is 55.6 Å². The van der Waals surface area contributed by atoms with Crippen LogP contribution in [0.15, 0.2) is 22.8 Å². The third kappa shape index (κ3) is 4.08. The molecular formula is C21H26N6O4S. The molecule has 32 heavy (non-hydrogen) atoms. The lowest BCUT2D eigenvalue weighted by atomic mass is 9.96. The SMILES string of the molecule is O=C(c1ccco1)N1CCN(C(=O)[C@@H]2CCCN(c3nnc(N4CCCC4=O)s3)C2)CC1. The lowest BCUT2D eigenvalue weighted by Gasteiger charge is -2.38. The van der Waals surface area contributed by atoms with Crippen LogP contribution in [0, 0.1) is 5.92 Å². The smallest absolute Gasteiger partial charge is 0.289 e. The van der Waals surface area contributed by atoms with E-state index in [1.165, 1.54) is 17.6 Å². The minimum Gasteiger partial charge on any atom is -0.459 e. The van der Waals surface area contributed by atoms with Crippen molar-refractivity contribution < 1.29 is 18.8 Å². The number of furan rings is 1. The summed E-state index contributed by atoms with van der Waals surface area (Å²) in [5, 5.41) is 9.94. The second-order valence-corrected chi connectivity index (χ2v) is 9.33. The normalized spacial score (nSPS) is 22.0. The number of rotatable bonds is 4. The number of hydrogen-bond donors (Lipinski definition) is 0. The van der Waals surface area contributed by atoms with Gasteiger partial charge in [0.2, 0.25) is 22.1 Å². The molecule has 3 aliphatic heterocycles. The molecule has 3 aliphatic rings. The second-order valence-electron chi connectivity index (χ2n) is 8.40.